The van der Waals surface area contributed by atoms with Crippen molar-refractivity contribution in [2.24, 2.45) is 0 Å². The Bertz CT molecular complexity index is 640. The lowest BCUT2D eigenvalue weighted by Gasteiger charge is -2.04. The summed E-state index contributed by atoms with van der Waals surface area (Å²) in [6.45, 7) is 3.91. The zero-order valence-corrected chi connectivity index (χ0v) is 11.4. The van der Waals surface area contributed by atoms with E-state index in [4.69, 9.17) is 0 Å². The zero-order chi connectivity index (χ0) is 14.7. The highest BCUT2D eigenvalue weighted by Gasteiger charge is 2.10. The molecule has 0 amide bonds. The summed E-state index contributed by atoms with van der Waals surface area (Å²) < 4.78 is 0. The lowest BCUT2D eigenvalue weighted by Crippen LogP contribution is -2.04. The molecule has 0 saturated carbocycles. The smallest absolute Gasteiger partial charge is 0.269 e. The molecule has 0 saturated heterocycles. The van der Waals surface area contributed by atoms with Gasteiger partial charge in [-0.1, -0.05) is 29.3 Å². The average molecular weight is 269 g/mol. The molecule has 4 heteroatoms. The number of benzene rings is 2. The minimum atomic E-state index is -0.449. The van der Waals surface area contributed by atoms with Gasteiger partial charge in [0.15, 0.2) is 5.78 Å². The average Bonchev–Trinajstić information content (AvgIpc) is 2.38. The maximum absolute atomic E-state index is 12.2. The van der Waals surface area contributed by atoms with Crippen LogP contribution in [0.3, 0.4) is 0 Å². The lowest BCUT2D eigenvalue weighted by atomic mass is 9.99. The van der Waals surface area contributed by atoms with Crippen molar-refractivity contribution >= 4 is 11.5 Å². The molecule has 0 unspecified atom stereocenters. The molecular formula is C16H15NO3. The number of nitro groups is 1. The summed E-state index contributed by atoms with van der Waals surface area (Å²) in [5.74, 6) is 0.0191. The van der Waals surface area contributed by atoms with Gasteiger partial charge in [-0.2, -0.15) is 0 Å². The van der Waals surface area contributed by atoms with Crippen LogP contribution >= 0.6 is 0 Å². The number of nitro benzene ring substituents is 1. The van der Waals surface area contributed by atoms with Gasteiger partial charge in [0.1, 0.15) is 0 Å². The Morgan fingerprint density at radius 2 is 1.60 bits per heavy atom. The number of carbonyl (C=O) groups is 1. The summed E-state index contributed by atoms with van der Waals surface area (Å²) in [7, 11) is 0. The zero-order valence-electron chi connectivity index (χ0n) is 11.4. The number of hydrogen-bond donors (Lipinski definition) is 0. The van der Waals surface area contributed by atoms with Crippen LogP contribution in [-0.2, 0) is 6.42 Å². The van der Waals surface area contributed by atoms with E-state index < -0.39 is 4.92 Å². The molecule has 0 fully saturated rings. The Morgan fingerprint density at radius 1 is 1.05 bits per heavy atom. The molecule has 0 radical (unpaired) electrons. The first-order chi connectivity index (χ1) is 9.45. The van der Waals surface area contributed by atoms with Gasteiger partial charge in [-0.05, 0) is 31.5 Å². The lowest BCUT2D eigenvalue weighted by molar-refractivity contribution is -0.384. The minimum Gasteiger partial charge on any atom is -0.294 e. The third-order valence-electron chi connectivity index (χ3n) is 3.06. The largest absolute Gasteiger partial charge is 0.294 e. The van der Waals surface area contributed by atoms with Crippen LogP contribution in [0.4, 0.5) is 5.69 Å². The summed E-state index contributed by atoms with van der Waals surface area (Å²) in [4.78, 5) is 22.3. The normalized spacial score (nSPS) is 10.3. The molecule has 2 aromatic carbocycles. The number of hydrogen-bond acceptors (Lipinski definition) is 3. The standard InChI is InChI=1S/C16H15NO3/c1-11-7-12(2)9-14(8-11)16(18)10-13-3-5-15(6-4-13)17(19)20/h3-9H,10H2,1-2H3. The van der Waals surface area contributed by atoms with Crippen molar-refractivity contribution in [3.63, 3.8) is 0 Å². The van der Waals surface area contributed by atoms with Gasteiger partial charge >= 0.3 is 0 Å². The summed E-state index contributed by atoms with van der Waals surface area (Å²) in [5.41, 5.74) is 3.60. The number of nitrogens with zero attached hydrogens (tertiary/aromatic N) is 1. The van der Waals surface area contributed by atoms with Crippen LogP contribution in [0.15, 0.2) is 42.5 Å². The van der Waals surface area contributed by atoms with Crippen molar-refractivity contribution in [3.05, 3.63) is 74.8 Å². The van der Waals surface area contributed by atoms with Gasteiger partial charge in [-0.15, -0.1) is 0 Å². The molecule has 0 heterocycles. The van der Waals surface area contributed by atoms with Crippen molar-refractivity contribution in [1.29, 1.82) is 0 Å². The van der Waals surface area contributed by atoms with E-state index in [9.17, 15) is 14.9 Å². The fourth-order valence-electron chi connectivity index (χ4n) is 2.16. The van der Waals surface area contributed by atoms with Crippen molar-refractivity contribution < 1.29 is 9.72 Å². The number of ketones is 1. The van der Waals surface area contributed by atoms with Gasteiger partial charge in [0.05, 0.1) is 4.92 Å². The van der Waals surface area contributed by atoms with Crippen LogP contribution in [0.5, 0.6) is 0 Å². The monoisotopic (exact) mass is 269 g/mol. The molecule has 2 rings (SSSR count). The van der Waals surface area contributed by atoms with Gasteiger partial charge in [0, 0.05) is 24.1 Å². The fourth-order valence-corrected chi connectivity index (χ4v) is 2.16. The molecule has 0 aromatic heterocycles. The van der Waals surface area contributed by atoms with Gasteiger partial charge in [-0.3, -0.25) is 14.9 Å². The molecule has 4 nitrogen and oxygen atoms in total. The second-order valence-corrected chi connectivity index (χ2v) is 4.90. The molecule has 0 N–H and O–H groups in total. The van der Waals surface area contributed by atoms with Crippen LogP contribution in [0.25, 0.3) is 0 Å². The van der Waals surface area contributed by atoms with E-state index >= 15 is 0 Å². The quantitative estimate of drug-likeness (QED) is 0.483. The van der Waals surface area contributed by atoms with Gasteiger partial charge in [0.2, 0.25) is 0 Å². The second-order valence-electron chi connectivity index (χ2n) is 4.90. The molecular weight excluding hydrogens is 254 g/mol. The highest BCUT2D eigenvalue weighted by atomic mass is 16.6. The Hall–Kier alpha value is -2.49. The molecule has 102 valence electrons. The van der Waals surface area contributed by atoms with E-state index in [0.717, 1.165) is 16.7 Å². The Morgan fingerprint density at radius 3 is 2.10 bits per heavy atom. The molecule has 0 aliphatic heterocycles. The predicted octanol–water partition coefficient (Wildman–Crippen LogP) is 3.64. The van der Waals surface area contributed by atoms with Crippen LogP contribution < -0.4 is 0 Å². The fraction of sp³-hybridized carbons (Fsp3) is 0.188. The number of carbonyl (C=O) groups excluding carboxylic acids is 1. The van der Waals surface area contributed by atoms with Crippen molar-refractivity contribution in [2.75, 3.05) is 0 Å². The first kappa shape index (κ1) is 13.9. The minimum absolute atomic E-state index is 0.0191. The summed E-state index contributed by atoms with van der Waals surface area (Å²) in [6.07, 6.45) is 0.251. The Labute approximate surface area is 117 Å². The number of non-ortho nitro benzene ring substituents is 1. The maximum atomic E-state index is 12.2. The highest BCUT2D eigenvalue weighted by Crippen LogP contribution is 2.15. The number of aryl methyl sites for hydroxylation is 2. The van der Waals surface area contributed by atoms with E-state index in [1.165, 1.54) is 12.1 Å². The molecule has 20 heavy (non-hydrogen) atoms. The first-order valence-electron chi connectivity index (χ1n) is 6.30. The van der Waals surface area contributed by atoms with E-state index in [2.05, 4.69) is 0 Å². The molecule has 0 aliphatic rings. The van der Waals surface area contributed by atoms with E-state index in [-0.39, 0.29) is 17.9 Å². The first-order valence-corrected chi connectivity index (χ1v) is 6.30. The topological polar surface area (TPSA) is 60.2 Å². The summed E-state index contributed by atoms with van der Waals surface area (Å²) >= 11 is 0. The van der Waals surface area contributed by atoms with Crippen LogP contribution in [0.1, 0.15) is 27.0 Å². The Kier molecular flexibility index (Phi) is 3.94. The van der Waals surface area contributed by atoms with Gasteiger partial charge in [0.25, 0.3) is 5.69 Å². The molecule has 0 aliphatic carbocycles. The van der Waals surface area contributed by atoms with Crippen molar-refractivity contribution in [2.45, 2.75) is 20.3 Å². The van der Waals surface area contributed by atoms with Gasteiger partial charge in [-0.25, -0.2) is 0 Å². The molecule has 2 aromatic rings. The SMILES string of the molecule is Cc1cc(C)cc(C(=O)Cc2ccc([N+](=O)[O-])cc2)c1. The number of rotatable bonds is 4. The molecule has 0 spiro atoms. The molecule has 0 atom stereocenters. The van der Waals surface area contributed by atoms with Crippen LogP contribution in [0.2, 0.25) is 0 Å². The third-order valence-corrected chi connectivity index (χ3v) is 3.06. The number of Topliss-reactive ketones (excluding diaryl/α,β-unsaturated/α-hetero) is 1. The summed E-state index contributed by atoms with van der Waals surface area (Å²) in [6, 6.07) is 11.8. The van der Waals surface area contributed by atoms with Crippen molar-refractivity contribution in [1.82, 2.24) is 0 Å². The third kappa shape index (κ3) is 3.29. The van der Waals surface area contributed by atoms with E-state index in [1.54, 1.807) is 12.1 Å². The summed E-state index contributed by atoms with van der Waals surface area (Å²) in [5, 5.41) is 10.6. The van der Waals surface area contributed by atoms with Crippen LogP contribution in [0, 0.1) is 24.0 Å². The van der Waals surface area contributed by atoms with Crippen LogP contribution in [-0.4, -0.2) is 10.7 Å². The van der Waals surface area contributed by atoms with Crippen molar-refractivity contribution in [3.8, 4) is 0 Å². The molecule has 0 bridgehead atoms. The van der Waals surface area contributed by atoms with E-state index in [0.29, 0.717) is 5.56 Å². The second kappa shape index (κ2) is 5.65. The van der Waals surface area contributed by atoms with Gasteiger partial charge < -0.3 is 0 Å². The predicted molar refractivity (Wildman–Crippen MR) is 77.0 cm³/mol. The Balaban J connectivity index is 2.16. The maximum Gasteiger partial charge on any atom is 0.269 e. The van der Waals surface area contributed by atoms with E-state index in [1.807, 2.05) is 32.0 Å². The highest BCUT2D eigenvalue weighted by molar-refractivity contribution is 5.97.